The van der Waals surface area contributed by atoms with Gasteiger partial charge in [0.05, 0.1) is 11.9 Å². The lowest BCUT2D eigenvalue weighted by Gasteiger charge is -2.27. The molecule has 1 fully saturated rings. The minimum Gasteiger partial charge on any atom is -0.351 e. The second kappa shape index (κ2) is 8.35. The number of halogens is 1. The van der Waals surface area contributed by atoms with Crippen LogP contribution in [0, 0.1) is 0 Å². The van der Waals surface area contributed by atoms with Crippen LogP contribution in [0.1, 0.15) is 15.9 Å². The second-order valence-electron chi connectivity index (χ2n) is 6.28. The molecule has 1 aromatic rings. The quantitative estimate of drug-likeness (QED) is 0.745. The van der Waals surface area contributed by atoms with Gasteiger partial charge in [-0.1, -0.05) is 0 Å². The van der Waals surface area contributed by atoms with Gasteiger partial charge >= 0.3 is 0 Å². The van der Waals surface area contributed by atoms with Crippen LogP contribution in [-0.4, -0.2) is 71.3 Å². The fourth-order valence-electron chi connectivity index (χ4n) is 3.22. The lowest BCUT2D eigenvalue weighted by atomic mass is 10.1. The van der Waals surface area contributed by atoms with E-state index >= 15 is 0 Å². The van der Waals surface area contributed by atoms with E-state index in [-0.39, 0.29) is 18.3 Å². The Hall–Kier alpha value is -1.35. The van der Waals surface area contributed by atoms with Gasteiger partial charge in [0.15, 0.2) is 0 Å². The molecule has 9 heteroatoms. The molecule has 1 aromatic carbocycles. The van der Waals surface area contributed by atoms with Crippen molar-refractivity contribution in [2.75, 3.05) is 56.4 Å². The molecular formula is C16H25ClN4O3S. The highest BCUT2D eigenvalue weighted by Gasteiger charge is 2.26. The van der Waals surface area contributed by atoms with E-state index in [0.29, 0.717) is 30.8 Å². The molecule has 7 nitrogen and oxygen atoms in total. The van der Waals surface area contributed by atoms with Crippen LogP contribution in [0.5, 0.6) is 0 Å². The Morgan fingerprint density at radius 1 is 1.24 bits per heavy atom. The monoisotopic (exact) mass is 388 g/mol. The Balaban J connectivity index is 0.00000225. The summed E-state index contributed by atoms with van der Waals surface area (Å²) in [5.41, 5.74) is 2.19. The third-order valence-corrected chi connectivity index (χ3v) is 5.70. The smallest absolute Gasteiger partial charge is 0.251 e. The molecule has 2 aliphatic heterocycles. The van der Waals surface area contributed by atoms with E-state index in [9.17, 15) is 13.2 Å². The molecule has 2 heterocycles. The molecule has 0 aromatic heterocycles. The Bertz CT molecular complexity index is 720. The van der Waals surface area contributed by atoms with Crippen LogP contribution in [0.3, 0.4) is 0 Å². The number of nitrogens with zero attached hydrogens (tertiary/aromatic N) is 2. The van der Waals surface area contributed by atoms with Crippen LogP contribution in [0.25, 0.3) is 0 Å². The third-order valence-electron chi connectivity index (χ3n) is 4.52. The van der Waals surface area contributed by atoms with Crippen molar-refractivity contribution in [3.8, 4) is 0 Å². The number of fused-ring (bicyclic) bond motifs is 1. The van der Waals surface area contributed by atoms with Crippen molar-refractivity contribution in [2.45, 2.75) is 6.42 Å². The number of carbonyl (C=O) groups is 1. The first-order valence-corrected chi connectivity index (χ1v) is 10.1. The number of benzene rings is 1. The predicted octanol–water partition coefficient (Wildman–Crippen LogP) is 0.0655. The normalized spacial score (nSPS) is 17.7. The topological polar surface area (TPSA) is 81.8 Å². The minimum atomic E-state index is -3.25. The molecule has 1 amide bonds. The average Bonchev–Trinajstić information content (AvgIpc) is 2.99. The first-order valence-electron chi connectivity index (χ1n) is 8.27. The highest BCUT2D eigenvalue weighted by molar-refractivity contribution is 7.92. The molecule has 0 bridgehead atoms. The summed E-state index contributed by atoms with van der Waals surface area (Å²) in [6.45, 7) is 5.92. The summed E-state index contributed by atoms with van der Waals surface area (Å²) < 4.78 is 24.9. The lowest BCUT2D eigenvalue weighted by molar-refractivity contribution is 0.0947. The second-order valence-corrected chi connectivity index (χ2v) is 8.18. The molecule has 2 N–H and O–H groups in total. The Morgan fingerprint density at radius 2 is 1.96 bits per heavy atom. The minimum absolute atomic E-state index is 0. The van der Waals surface area contributed by atoms with E-state index in [1.165, 1.54) is 10.6 Å². The van der Waals surface area contributed by atoms with Crippen molar-refractivity contribution < 1.29 is 13.2 Å². The van der Waals surface area contributed by atoms with Gasteiger partial charge in [0.25, 0.3) is 5.91 Å². The Kier molecular flexibility index (Phi) is 6.67. The van der Waals surface area contributed by atoms with Gasteiger partial charge in [-0.2, -0.15) is 0 Å². The van der Waals surface area contributed by atoms with Crippen molar-refractivity contribution in [1.82, 2.24) is 15.5 Å². The maximum Gasteiger partial charge on any atom is 0.251 e. The van der Waals surface area contributed by atoms with E-state index in [4.69, 9.17) is 0 Å². The largest absolute Gasteiger partial charge is 0.351 e. The predicted molar refractivity (Wildman–Crippen MR) is 101 cm³/mol. The highest BCUT2D eigenvalue weighted by atomic mass is 35.5. The molecule has 0 atom stereocenters. The lowest BCUT2D eigenvalue weighted by Crippen LogP contribution is -2.46. The number of nitrogens with one attached hydrogen (secondary N) is 2. The fourth-order valence-corrected chi connectivity index (χ4v) is 4.18. The van der Waals surface area contributed by atoms with E-state index in [1.54, 1.807) is 18.2 Å². The standard InChI is InChI=1S/C16H24N4O3S.ClH/c1-24(22,23)20-8-4-13-12-14(2-3-15(13)20)16(21)18-7-11-19-9-5-17-6-10-19;/h2-3,12,17H,4-11H2,1H3,(H,18,21);1H. The molecule has 0 radical (unpaired) electrons. The number of carbonyl (C=O) groups excluding carboxylic acids is 1. The maximum atomic E-state index is 12.3. The van der Waals surface area contributed by atoms with Crippen molar-refractivity contribution in [3.05, 3.63) is 29.3 Å². The number of anilines is 1. The van der Waals surface area contributed by atoms with Crippen LogP contribution in [0.4, 0.5) is 5.69 Å². The molecule has 25 heavy (non-hydrogen) atoms. The number of amides is 1. The molecule has 140 valence electrons. The van der Waals surface area contributed by atoms with Crippen molar-refractivity contribution >= 4 is 34.0 Å². The fraction of sp³-hybridized carbons (Fsp3) is 0.562. The number of sulfonamides is 1. The first-order chi connectivity index (χ1) is 11.4. The van der Waals surface area contributed by atoms with Crippen LogP contribution < -0.4 is 14.9 Å². The molecule has 0 spiro atoms. The summed E-state index contributed by atoms with van der Waals surface area (Å²) in [7, 11) is -3.25. The summed E-state index contributed by atoms with van der Waals surface area (Å²) in [6, 6.07) is 5.23. The van der Waals surface area contributed by atoms with Gasteiger partial charge < -0.3 is 10.6 Å². The molecule has 0 saturated carbocycles. The summed E-state index contributed by atoms with van der Waals surface area (Å²) in [4.78, 5) is 14.6. The Labute approximate surface area is 155 Å². The molecule has 3 rings (SSSR count). The zero-order valence-corrected chi connectivity index (χ0v) is 16.0. The summed E-state index contributed by atoms with van der Waals surface area (Å²) in [5.74, 6) is -0.106. The molecule has 2 aliphatic rings. The van der Waals surface area contributed by atoms with Crippen LogP contribution >= 0.6 is 12.4 Å². The number of hydrogen-bond acceptors (Lipinski definition) is 5. The van der Waals surface area contributed by atoms with Crippen LogP contribution in [0.2, 0.25) is 0 Å². The summed E-state index contributed by atoms with van der Waals surface area (Å²) in [6.07, 6.45) is 1.85. The van der Waals surface area contributed by atoms with E-state index in [0.717, 1.165) is 38.3 Å². The zero-order valence-electron chi connectivity index (χ0n) is 14.3. The van der Waals surface area contributed by atoms with E-state index in [2.05, 4.69) is 15.5 Å². The van der Waals surface area contributed by atoms with E-state index < -0.39 is 10.0 Å². The highest BCUT2D eigenvalue weighted by Crippen LogP contribution is 2.30. The Morgan fingerprint density at radius 3 is 2.64 bits per heavy atom. The van der Waals surface area contributed by atoms with Gasteiger partial charge in [-0.25, -0.2) is 8.42 Å². The van der Waals surface area contributed by atoms with E-state index in [1.807, 2.05) is 0 Å². The van der Waals surface area contributed by atoms with Crippen molar-refractivity contribution in [2.24, 2.45) is 0 Å². The maximum absolute atomic E-state index is 12.3. The van der Waals surface area contributed by atoms with Gasteiger partial charge in [-0.15, -0.1) is 12.4 Å². The van der Waals surface area contributed by atoms with Crippen molar-refractivity contribution in [3.63, 3.8) is 0 Å². The van der Waals surface area contributed by atoms with Gasteiger partial charge in [-0.05, 0) is 30.2 Å². The molecule has 1 saturated heterocycles. The van der Waals surface area contributed by atoms with Gasteiger partial charge in [-0.3, -0.25) is 14.0 Å². The average molecular weight is 389 g/mol. The van der Waals surface area contributed by atoms with Gasteiger partial charge in [0.1, 0.15) is 0 Å². The summed E-state index contributed by atoms with van der Waals surface area (Å²) in [5, 5.41) is 6.25. The molecule has 0 aliphatic carbocycles. The van der Waals surface area contributed by atoms with Gasteiger partial charge in [0.2, 0.25) is 10.0 Å². The number of rotatable bonds is 5. The number of piperazine rings is 1. The molecule has 0 unspecified atom stereocenters. The molecular weight excluding hydrogens is 364 g/mol. The van der Waals surface area contributed by atoms with Crippen LogP contribution in [-0.2, 0) is 16.4 Å². The van der Waals surface area contributed by atoms with Crippen LogP contribution in [0.15, 0.2) is 18.2 Å². The van der Waals surface area contributed by atoms with Crippen molar-refractivity contribution in [1.29, 1.82) is 0 Å². The SMILES string of the molecule is CS(=O)(=O)N1CCc2cc(C(=O)NCCN3CCNCC3)ccc21.Cl. The number of hydrogen-bond donors (Lipinski definition) is 2. The van der Waals surface area contributed by atoms with Gasteiger partial charge in [0, 0.05) is 51.4 Å². The zero-order chi connectivity index (χ0) is 17.2. The summed E-state index contributed by atoms with van der Waals surface area (Å²) >= 11 is 0. The third kappa shape index (κ3) is 4.84. The first kappa shape index (κ1) is 20.0.